The second-order valence-corrected chi connectivity index (χ2v) is 14.3. The minimum atomic E-state index is -0.181. The minimum absolute atomic E-state index is 0.135. The van der Waals surface area contributed by atoms with E-state index in [1.165, 1.54) is 11.3 Å². The van der Waals surface area contributed by atoms with Crippen LogP contribution < -0.4 is 21.3 Å². The number of hydrogen-bond donors (Lipinski definition) is 1. The predicted octanol–water partition coefficient (Wildman–Crippen LogP) is 3.78. The zero-order chi connectivity index (χ0) is 33.9. The Hall–Kier alpha value is -4.78. The second kappa shape index (κ2) is 12.3. The molecule has 0 spiro atoms. The van der Waals surface area contributed by atoms with Gasteiger partial charge in [-0.1, -0.05) is 13.8 Å². The number of aryl methyl sites for hydroxylation is 1. The Kier molecular flexibility index (Phi) is 7.89. The van der Waals surface area contributed by atoms with Crippen molar-refractivity contribution in [2.24, 2.45) is 12.5 Å². The van der Waals surface area contributed by atoms with Gasteiger partial charge in [0.05, 0.1) is 37.7 Å². The number of nitrogens with zero attached hydrogens (tertiary/aromatic N) is 7. The molecule has 2 saturated heterocycles. The van der Waals surface area contributed by atoms with E-state index in [1.807, 2.05) is 47.1 Å². The number of aromatic nitrogens is 5. The molecule has 1 aliphatic carbocycles. The summed E-state index contributed by atoms with van der Waals surface area (Å²) in [7, 11) is 3.35. The van der Waals surface area contributed by atoms with Gasteiger partial charge in [-0.3, -0.25) is 19.1 Å². The summed E-state index contributed by atoms with van der Waals surface area (Å²) < 4.78 is 16.2. The zero-order valence-electron chi connectivity index (χ0n) is 28.5. The summed E-state index contributed by atoms with van der Waals surface area (Å²) in [5.74, 6) is 1.08. The van der Waals surface area contributed by atoms with Crippen LogP contribution in [0.2, 0.25) is 0 Å². The molecule has 0 atom stereocenters. The Balaban J connectivity index is 1.08. The lowest BCUT2D eigenvalue weighted by atomic mass is 9.90. The third-order valence-electron chi connectivity index (χ3n) is 10.2. The van der Waals surface area contributed by atoms with E-state index in [9.17, 15) is 9.59 Å². The first-order chi connectivity index (χ1) is 23.7. The van der Waals surface area contributed by atoms with Crippen molar-refractivity contribution >= 4 is 22.7 Å². The van der Waals surface area contributed by atoms with Gasteiger partial charge in [0.1, 0.15) is 22.8 Å². The maximum atomic E-state index is 13.9. The van der Waals surface area contributed by atoms with E-state index in [0.29, 0.717) is 28.9 Å². The molecule has 0 amide bonds. The maximum absolute atomic E-state index is 13.9. The Morgan fingerprint density at radius 3 is 2.53 bits per heavy atom. The number of piperazine rings is 1. The van der Waals surface area contributed by atoms with E-state index in [-0.39, 0.29) is 23.1 Å². The molecule has 0 aromatic carbocycles. The summed E-state index contributed by atoms with van der Waals surface area (Å²) in [4.78, 5) is 41.4. The SMILES string of the molecule is COCc1c(-c2cc(Nc3ccc(N4CCN(C5COC5)CC4)cn3)c(=O)n(C)c2)ccnc1-n1ccn2c3c(cc2c1=O)CC(C)(C)C3. The lowest BCUT2D eigenvalue weighted by Crippen LogP contribution is -2.56. The Bertz CT molecular complexity index is 2150. The standard InChI is InChI=1S/C37H42N8O4/c1-37(2)17-24-16-31-36(47)45(14-13-44(31)32(24)18-37)34-29(23-48-4)28(7-8-38-34)25-15-30(35(46)41(3)20-25)40-33-6-5-26(19-39-33)42-9-11-43(12-10-42)27-21-49-22-27/h5-8,13-16,19-20,27H,9-12,17-18,21-23H2,1-4H3,(H,39,40). The zero-order valence-corrected chi connectivity index (χ0v) is 28.5. The molecule has 12 nitrogen and oxygen atoms in total. The summed E-state index contributed by atoms with van der Waals surface area (Å²) in [6.07, 6.45) is 11.0. The minimum Gasteiger partial charge on any atom is -0.380 e. The first-order valence-corrected chi connectivity index (χ1v) is 16.9. The highest BCUT2D eigenvalue weighted by atomic mass is 16.5. The summed E-state index contributed by atoms with van der Waals surface area (Å²) in [6, 6.07) is 10.3. The first kappa shape index (κ1) is 31.5. The number of fused-ring (bicyclic) bond motifs is 3. The molecule has 1 N–H and O–H groups in total. The van der Waals surface area contributed by atoms with Crippen LogP contribution in [0.25, 0.3) is 22.5 Å². The van der Waals surface area contributed by atoms with Crippen LogP contribution >= 0.6 is 0 Å². The molecule has 8 rings (SSSR count). The van der Waals surface area contributed by atoms with Gasteiger partial charge >= 0.3 is 0 Å². The number of rotatable bonds is 8. The molecule has 0 saturated carbocycles. The van der Waals surface area contributed by atoms with Crippen LogP contribution in [0.1, 0.15) is 30.7 Å². The Labute approximate surface area is 284 Å². The molecule has 49 heavy (non-hydrogen) atoms. The van der Waals surface area contributed by atoms with Gasteiger partial charge in [-0.2, -0.15) is 0 Å². The van der Waals surface area contributed by atoms with Crippen molar-refractivity contribution in [1.82, 2.24) is 28.4 Å². The molecule has 5 aromatic rings. The van der Waals surface area contributed by atoms with E-state index in [2.05, 4.69) is 38.9 Å². The van der Waals surface area contributed by atoms with Gasteiger partial charge < -0.3 is 28.7 Å². The molecule has 5 aromatic heterocycles. The van der Waals surface area contributed by atoms with E-state index in [0.717, 1.165) is 74.6 Å². The molecule has 0 radical (unpaired) electrons. The Morgan fingerprint density at radius 2 is 1.82 bits per heavy atom. The van der Waals surface area contributed by atoms with Crippen molar-refractivity contribution in [1.29, 1.82) is 0 Å². The van der Waals surface area contributed by atoms with Gasteiger partial charge in [0.15, 0.2) is 0 Å². The number of ether oxygens (including phenoxy) is 2. The number of anilines is 3. The van der Waals surface area contributed by atoms with E-state index < -0.39 is 0 Å². The van der Waals surface area contributed by atoms with Crippen LogP contribution in [0.5, 0.6) is 0 Å². The molecule has 0 bridgehead atoms. The highest BCUT2D eigenvalue weighted by Gasteiger charge is 2.32. The normalized spacial score (nSPS) is 17.8. The summed E-state index contributed by atoms with van der Waals surface area (Å²) in [6.45, 7) is 10.3. The first-order valence-electron chi connectivity index (χ1n) is 16.9. The lowest BCUT2D eigenvalue weighted by molar-refractivity contribution is -0.0660. The molecule has 254 valence electrons. The topological polar surface area (TPSA) is 111 Å². The van der Waals surface area contributed by atoms with Crippen molar-refractivity contribution in [2.45, 2.75) is 39.3 Å². The van der Waals surface area contributed by atoms with Gasteiger partial charge in [0.2, 0.25) is 0 Å². The number of pyridine rings is 3. The molecule has 0 unspecified atom stereocenters. The lowest BCUT2D eigenvalue weighted by Gasteiger charge is -2.43. The summed E-state index contributed by atoms with van der Waals surface area (Å²) >= 11 is 0. The fourth-order valence-corrected chi connectivity index (χ4v) is 7.59. The third kappa shape index (κ3) is 5.73. The summed E-state index contributed by atoms with van der Waals surface area (Å²) in [5, 5.41) is 3.25. The molecular formula is C37H42N8O4. The molecule has 3 aliphatic rings. The quantitative estimate of drug-likeness (QED) is 0.266. The van der Waals surface area contributed by atoms with Gasteiger partial charge in [-0.05, 0) is 59.7 Å². The average molecular weight is 663 g/mol. The number of methoxy groups -OCH3 is 1. The molecule has 7 heterocycles. The van der Waals surface area contributed by atoms with Crippen molar-refractivity contribution in [3.8, 4) is 16.9 Å². The molecule has 12 heteroatoms. The fourth-order valence-electron chi connectivity index (χ4n) is 7.59. The van der Waals surface area contributed by atoms with Crippen LogP contribution in [-0.4, -0.2) is 80.9 Å². The van der Waals surface area contributed by atoms with E-state index in [1.54, 1.807) is 41.9 Å². The van der Waals surface area contributed by atoms with Gasteiger partial charge in [0.25, 0.3) is 11.1 Å². The molecule has 2 fully saturated rings. The van der Waals surface area contributed by atoms with E-state index in [4.69, 9.17) is 9.47 Å². The van der Waals surface area contributed by atoms with E-state index >= 15 is 0 Å². The van der Waals surface area contributed by atoms with Gasteiger partial charge in [-0.15, -0.1) is 0 Å². The van der Waals surface area contributed by atoms with Gasteiger partial charge in [-0.25, -0.2) is 9.97 Å². The van der Waals surface area contributed by atoms with Crippen LogP contribution in [0.3, 0.4) is 0 Å². The van der Waals surface area contributed by atoms with Crippen molar-refractivity contribution < 1.29 is 9.47 Å². The Morgan fingerprint density at radius 1 is 1.00 bits per heavy atom. The highest BCUT2D eigenvalue weighted by molar-refractivity contribution is 5.73. The molecule has 2 aliphatic heterocycles. The van der Waals surface area contributed by atoms with Crippen molar-refractivity contribution in [3.63, 3.8) is 0 Å². The second-order valence-electron chi connectivity index (χ2n) is 14.3. The number of hydrogen-bond acceptors (Lipinski definition) is 9. The highest BCUT2D eigenvalue weighted by Crippen LogP contribution is 2.37. The number of nitrogens with one attached hydrogen (secondary N) is 1. The fraction of sp³-hybridized carbons (Fsp3) is 0.405. The molecular weight excluding hydrogens is 620 g/mol. The van der Waals surface area contributed by atoms with Crippen LogP contribution in [0, 0.1) is 5.41 Å². The average Bonchev–Trinajstić information content (AvgIpc) is 3.56. The van der Waals surface area contributed by atoms with Crippen LogP contribution in [0.15, 0.2) is 70.9 Å². The largest absolute Gasteiger partial charge is 0.380 e. The smallest absolute Gasteiger partial charge is 0.280 e. The maximum Gasteiger partial charge on any atom is 0.280 e. The third-order valence-corrected chi connectivity index (χ3v) is 10.2. The predicted molar refractivity (Wildman–Crippen MR) is 189 cm³/mol. The van der Waals surface area contributed by atoms with Crippen LogP contribution in [0.4, 0.5) is 17.2 Å². The monoisotopic (exact) mass is 662 g/mol. The van der Waals surface area contributed by atoms with Crippen molar-refractivity contribution in [3.05, 3.63) is 98.8 Å². The van der Waals surface area contributed by atoms with Crippen molar-refractivity contribution in [2.75, 3.05) is 56.7 Å². The summed E-state index contributed by atoms with van der Waals surface area (Å²) in [5.41, 5.74) is 6.73. The van der Waals surface area contributed by atoms with Gasteiger partial charge in [0, 0.05) is 81.9 Å². The van der Waals surface area contributed by atoms with Crippen LogP contribution in [-0.2, 0) is 36.0 Å².